The zero-order valence-corrected chi connectivity index (χ0v) is 7.01. The molecule has 0 aliphatic heterocycles. The van der Waals surface area contributed by atoms with Crippen LogP contribution in [0.4, 0.5) is 0 Å². The second-order valence-corrected chi connectivity index (χ2v) is 2.63. The molecule has 0 rings (SSSR count). The zero-order valence-electron chi connectivity index (χ0n) is 7.01. The van der Waals surface area contributed by atoms with Gasteiger partial charge in [-0.15, -0.1) is 0 Å². The van der Waals surface area contributed by atoms with Gasteiger partial charge in [0.1, 0.15) is 6.29 Å². The van der Waals surface area contributed by atoms with Crippen LogP contribution in [0.1, 0.15) is 32.1 Å². The fraction of sp³-hybridized carbons (Fsp3) is 0.500. The Bertz CT molecular complexity index is 136. The lowest BCUT2D eigenvalue weighted by atomic mass is 10.1. The highest BCUT2D eigenvalue weighted by Crippen LogP contribution is 2.07. The number of aldehydes is 1. The maximum Gasteiger partial charge on any atom is 0.119 e. The number of rotatable bonds is 7. The molecule has 11 heavy (non-hydrogen) atoms. The van der Waals surface area contributed by atoms with E-state index in [0.29, 0.717) is 6.42 Å². The van der Waals surface area contributed by atoms with E-state index in [4.69, 9.17) is 0 Å². The molecule has 0 unspecified atom stereocenters. The van der Waals surface area contributed by atoms with Gasteiger partial charge in [-0.05, 0) is 19.3 Å². The summed E-state index contributed by atoms with van der Waals surface area (Å²) in [5, 5.41) is 0. The first-order valence-corrected chi connectivity index (χ1v) is 4.05. The minimum atomic E-state index is 0.695. The van der Waals surface area contributed by atoms with Gasteiger partial charge in [-0.3, -0.25) is 0 Å². The second kappa shape index (κ2) is 7.26. The van der Waals surface area contributed by atoms with Crippen LogP contribution >= 0.6 is 0 Å². The fourth-order valence-corrected chi connectivity index (χ4v) is 0.859. The topological polar surface area (TPSA) is 17.1 Å². The minimum absolute atomic E-state index is 0.695. The molecule has 0 aromatic carbocycles. The molecule has 1 heteroatoms. The molecule has 62 valence electrons. The molecule has 0 aliphatic rings. The summed E-state index contributed by atoms with van der Waals surface area (Å²) in [6.07, 6.45) is 7.73. The first kappa shape index (κ1) is 10.2. The third-order valence-electron chi connectivity index (χ3n) is 1.61. The molecule has 1 nitrogen and oxygen atoms in total. The molecular weight excluding hydrogens is 136 g/mol. The molecule has 0 heterocycles. The lowest BCUT2D eigenvalue weighted by molar-refractivity contribution is -0.107. The Morgan fingerprint density at radius 1 is 1.27 bits per heavy atom. The van der Waals surface area contributed by atoms with Gasteiger partial charge in [0.15, 0.2) is 0 Å². The number of hydrogen-bond acceptors (Lipinski definition) is 1. The average Bonchev–Trinajstić information content (AvgIpc) is 2.04. The molecule has 0 aromatic rings. The van der Waals surface area contributed by atoms with Crippen molar-refractivity contribution >= 4 is 6.29 Å². The van der Waals surface area contributed by atoms with Crippen LogP contribution in [-0.4, -0.2) is 6.29 Å². The highest BCUT2D eigenvalue weighted by Gasteiger charge is 1.89. The van der Waals surface area contributed by atoms with Crippen molar-refractivity contribution in [2.24, 2.45) is 0 Å². The summed E-state index contributed by atoms with van der Waals surface area (Å²) in [5.41, 5.74) is 1.09. The Labute approximate surface area is 68.8 Å². The number of carbonyl (C=O) groups is 1. The predicted octanol–water partition coefficient (Wildman–Crippen LogP) is 2.88. The van der Waals surface area contributed by atoms with Crippen LogP contribution in [0, 0.1) is 0 Å². The van der Waals surface area contributed by atoms with Gasteiger partial charge >= 0.3 is 0 Å². The fourth-order valence-electron chi connectivity index (χ4n) is 0.859. The van der Waals surface area contributed by atoms with E-state index in [1.54, 1.807) is 6.08 Å². The molecule has 0 fully saturated rings. The highest BCUT2D eigenvalue weighted by molar-refractivity contribution is 5.48. The summed E-state index contributed by atoms with van der Waals surface area (Å²) in [5.74, 6) is 0. The number of allylic oxidation sites excluding steroid dienone is 2. The Morgan fingerprint density at radius 2 is 2.00 bits per heavy atom. The molecule has 0 radical (unpaired) electrons. The van der Waals surface area contributed by atoms with Crippen LogP contribution in [0.5, 0.6) is 0 Å². The minimum Gasteiger partial charge on any atom is -0.303 e. The van der Waals surface area contributed by atoms with Crippen LogP contribution in [0.3, 0.4) is 0 Å². The zero-order chi connectivity index (χ0) is 8.53. The van der Waals surface area contributed by atoms with Crippen molar-refractivity contribution in [1.29, 1.82) is 0 Å². The van der Waals surface area contributed by atoms with E-state index in [1.165, 1.54) is 0 Å². The van der Waals surface area contributed by atoms with Crippen LogP contribution in [0.25, 0.3) is 0 Å². The van der Waals surface area contributed by atoms with Gasteiger partial charge < -0.3 is 4.79 Å². The van der Waals surface area contributed by atoms with Crippen molar-refractivity contribution < 1.29 is 4.79 Å². The van der Waals surface area contributed by atoms with Gasteiger partial charge in [0.05, 0.1) is 0 Å². The maximum absolute atomic E-state index is 9.92. The summed E-state index contributed by atoms with van der Waals surface area (Å²) in [4.78, 5) is 9.92. The summed E-state index contributed by atoms with van der Waals surface area (Å²) in [7, 11) is 0. The number of hydrogen-bond donors (Lipinski definition) is 0. The van der Waals surface area contributed by atoms with Gasteiger partial charge in [-0.2, -0.15) is 0 Å². The van der Waals surface area contributed by atoms with E-state index in [-0.39, 0.29) is 0 Å². The van der Waals surface area contributed by atoms with Crippen LogP contribution < -0.4 is 0 Å². The molecule has 0 aliphatic carbocycles. The molecule has 0 amide bonds. The van der Waals surface area contributed by atoms with E-state index in [9.17, 15) is 4.79 Å². The van der Waals surface area contributed by atoms with Crippen LogP contribution in [0.2, 0.25) is 0 Å². The van der Waals surface area contributed by atoms with Gasteiger partial charge in [-0.25, -0.2) is 0 Å². The monoisotopic (exact) mass is 152 g/mol. The standard InChI is InChI=1S/C10H16O/c1-3-10(2)8-6-4-5-7-9-11/h3,9H,1-2,4-8H2. The molecule has 0 spiro atoms. The summed E-state index contributed by atoms with van der Waals surface area (Å²) in [6, 6.07) is 0. The van der Waals surface area contributed by atoms with Gasteiger partial charge in [0.2, 0.25) is 0 Å². The van der Waals surface area contributed by atoms with E-state index in [1.807, 2.05) is 0 Å². The predicted molar refractivity (Wildman–Crippen MR) is 48.5 cm³/mol. The molecule has 0 atom stereocenters. The van der Waals surface area contributed by atoms with E-state index < -0.39 is 0 Å². The Balaban J connectivity index is 3.07. The third kappa shape index (κ3) is 7.04. The van der Waals surface area contributed by atoms with E-state index >= 15 is 0 Å². The molecule has 0 N–H and O–H groups in total. The Morgan fingerprint density at radius 3 is 2.55 bits per heavy atom. The van der Waals surface area contributed by atoms with Gasteiger partial charge in [0.25, 0.3) is 0 Å². The SMILES string of the molecule is C=CC(=C)CCCCCC=O. The second-order valence-electron chi connectivity index (χ2n) is 2.63. The molecule has 0 aromatic heterocycles. The van der Waals surface area contributed by atoms with E-state index in [2.05, 4.69) is 13.2 Å². The average molecular weight is 152 g/mol. The summed E-state index contributed by atoms with van der Waals surface area (Å²) in [6.45, 7) is 7.42. The first-order valence-electron chi connectivity index (χ1n) is 4.05. The summed E-state index contributed by atoms with van der Waals surface area (Å²) >= 11 is 0. The van der Waals surface area contributed by atoms with Crippen molar-refractivity contribution in [3.8, 4) is 0 Å². The van der Waals surface area contributed by atoms with Crippen molar-refractivity contribution in [3.63, 3.8) is 0 Å². The molecule has 0 saturated carbocycles. The molecule has 0 saturated heterocycles. The lowest BCUT2D eigenvalue weighted by Gasteiger charge is -1.97. The largest absolute Gasteiger partial charge is 0.303 e. The molecule has 0 bridgehead atoms. The van der Waals surface area contributed by atoms with Crippen LogP contribution in [-0.2, 0) is 4.79 Å². The first-order chi connectivity index (χ1) is 5.31. The smallest absolute Gasteiger partial charge is 0.119 e. The van der Waals surface area contributed by atoms with Crippen LogP contribution in [0.15, 0.2) is 24.8 Å². The maximum atomic E-state index is 9.92. The number of carbonyl (C=O) groups excluding carboxylic acids is 1. The quantitative estimate of drug-likeness (QED) is 0.311. The van der Waals surface area contributed by atoms with Crippen molar-refractivity contribution in [2.45, 2.75) is 32.1 Å². The van der Waals surface area contributed by atoms with Gasteiger partial charge in [-0.1, -0.05) is 31.2 Å². The normalized spacial score (nSPS) is 9.09. The van der Waals surface area contributed by atoms with E-state index in [0.717, 1.165) is 37.5 Å². The Kier molecular flexibility index (Phi) is 6.70. The Hall–Kier alpha value is -0.850. The van der Waals surface area contributed by atoms with Gasteiger partial charge in [0, 0.05) is 6.42 Å². The molecular formula is C10H16O. The number of unbranched alkanes of at least 4 members (excludes halogenated alkanes) is 3. The highest BCUT2D eigenvalue weighted by atomic mass is 16.1. The summed E-state index contributed by atoms with van der Waals surface area (Å²) < 4.78 is 0. The van der Waals surface area contributed by atoms with Crippen molar-refractivity contribution in [3.05, 3.63) is 24.8 Å². The van der Waals surface area contributed by atoms with Crippen molar-refractivity contribution in [2.75, 3.05) is 0 Å². The van der Waals surface area contributed by atoms with Crippen molar-refractivity contribution in [1.82, 2.24) is 0 Å². The third-order valence-corrected chi connectivity index (χ3v) is 1.61. The lowest BCUT2D eigenvalue weighted by Crippen LogP contribution is -1.80.